The molecular formula is C10H19N3O. The standard InChI is InChI=1S/C10H19N3O/c11-7-9-10(14)12-5-6-13(9)8-3-1-2-4-8/h8-9H,1-7,11H2,(H,12,14). The van der Waals surface area contributed by atoms with E-state index in [0.717, 1.165) is 13.1 Å². The zero-order valence-electron chi connectivity index (χ0n) is 8.54. The van der Waals surface area contributed by atoms with Crippen molar-refractivity contribution in [1.29, 1.82) is 0 Å². The lowest BCUT2D eigenvalue weighted by atomic mass is 10.1. The summed E-state index contributed by atoms with van der Waals surface area (Å²) in [6, 6.07) is 0.529. The van der Waals surface area contributed by atoms with E-state index in [2.05, 4.69) is 10.2 Å². The third kappa shape index (κ3) is 1.77. The number of rotatable bonds is 2. The van der Waals surface area contributed by atoms with Gasteiger partial charge in [-0.2, -0.15) is 0 Å². The summed E-state index contributed by atoms with van der Waals surface area (Å²) < 4.78 is 0. The van der Waals surface area contributed by atoms with Crippen LogP contribution in [0.3, 0.4) is 0 Å². The fraction of sp³-hybridized carbons (Fsp3) is 0.900. The lowest BCUT2D eigenvalue weighted by Gasteiger charge is -2.38. The molecule has 4 nitrogen and oxygen atoms in total. The van der Waals surface area contributed by atoms with E-state index in [9.17, 15) is 4.79 Å². The van der Waals surface area contributed by atoms with Crippen molar-refractivity contribution in [3.05, 3.63) is 0 Å². The summed E-state index contributed by atoms with van der Waals surface area (Å²) in [4.78, 5) is 13.9. The number of amides is 1. The zero-order valence-corrected chi connectivity index (χ0v) is 8.54. The SMILES string of the molecule is NCC1C(=O)NCCN1C1CCCC1. The van der Waals surface area contributed by atoms with Gasteiger partial charge in [0.1, 0.15) is 6.04 Å². The van der Waals surface area contributed by atoms with E-state index in [1.54, 1.807) is 0 Å². The van der Waals surface area contributed by atoms with Crippen LogP contribution in [-0.2, 0) is 4.79 Å². The van der Waals surface area contributed by atoms with Gasteiger partial charge in [0.15, 0.2) is 0 Å². The van der Waals surface area contributed by atoms with Crippen molar-refractivity contribution in [3.63, 3.8) is 0 Å². The fourth-order valence-electron chi connectivity index (χ4n) is 2.65. The Morgan fingerprint density at radius 3 is 2.79 bits per heavy atom. The van der Waals surface area contributed by atoms with Gasteiger partial charge in [-0.3, -0.25) is 9.69 Å². The van der Waals surface area contributed by atoms with Crippen LogP contribution in [0.25, 0.3) is 0 Å². The minimum absolute atomic E-state index is 0.0770. The van der Waals surface area contributed by atoms with Crippen molar-refractivity contribution < 1.29 is 4.79 Å². The van der Waals surface area contributed by atoms with Gasteiger partial charge in [0, 0.05) is 25.7 Å². The summed E-state index contributed by atoms with van der Waals surface area (Å²) in [7, 11) is 0. The predicted octanol–water partition coefficient (Wildman–Crippen LogP) is -0.312. The molecule has 0 aromatic rings. The second-order valence-corrected chi connectivity index (χ2v) is 4.22. The molecule has 0 aromatic heterocycles. The molecule has 1 saturated carbocycles. The van der Waals surface area contributed by atoms with E-state index in [1.165, 1.54) is 25.7 Å². The summed E-state index contributed by atoms with van der Waals surface area (Å²) in [6.07, 6.45) is 5.09. The molecule has 80 valence electrons. The first-order valence-corrected chi connectivity index (χ1v) is 5.56. The molecule has 1 atom stereocenters. The Morgan fingerprint density at radius 1 is 1.43 bits per heavy atom. The summed E-state index contributed by atoms with van der Waals surface area (Å²) in [5.41, 5.74) is 5.65. The van der Waals surface area contributed by atoms with E-state index >= 15 is 0 Å². The van der Waals surface area contributed by atoms with Crippen molar-refractivity contribution in [2.75, 3.05) is 19.6 Å². The number of nitrogens with two attached hydrogens (primary N) is 1. The summed E-state index contributed by atoms with van der Waals surface area (Å²) in [5, 5.41) is 2.88. The molecule has 1 heterocycles. The highest BCUT2D eigenvalue weighted by Gasteiger charge is 2.34. The predicted molar refractivity (Wildman–Crippen MR) is 54.8 cm³/mol. The number of nitrogens with zero attached hydrogens (tertiary/aromatic N) is 1. The number of nitrogens with one attached hydrogen (secondary N) is 1. The summed E-state index contributed by atoms with van der Waals surface area (Å²) >= 11 is 0. The monoisotopic (exact) mass is 197 g/mol. The Morgan fingerprint density at radius 2 is 2.14 bits per heavy atom. The van der Waals surface area contributed by atoms with Crippen LogP contribution >= 0.6 is 0 Å². The van der Waals surface area contributed by atoms with Gasteiger partial charge in [-0.05, 0) is 12.8 Å². The molecule has 1 aliphatic heterocycles. The van der Waals surface area contributed by atoms with Gasteiger partial charge >= 0.3 is 0 Å². The van der Waals surface area contributed by atoms with Crippen LogP contribution in [0, 0.1) is 0 Å². The molecule has 2 rings (SSSR count). The van der Waals surface area contributed by atoms with Gasteiger partial charge < -0.3 is 11.1 Å². The number of hydrogen-bond acceptors (Lipinski definition) is 3. The lowest BCUT2D eigenvalue weighted by molar-refractivity contribution is -0.129. The van der Waals surface area contributed by atoms with Crippen molar-refractivity contribution in [2.45, 2.75) is 37.8 Å². The van der Waals surface area contributed by atoms with Crippen molar-refractivity contribution >= 4 is 5.91 Å². The van der Waals surface area contributed by atoms with Gasteiger partial charge in [0.05, 0.1) is 0 Å². The van der Waals surface area contributed by atoms with E-state index in [-0.39, 0.29) is 11.9 Å². The van der Waals surface area contributed by atoms with E-state index < -0.39 is 0 Å². The molecule has 14 heavy (non-hydrogen) atoms. The second-order valence-electron chi connectivity index (χ2n) is 4.22. The topological polar surface area (TPSA) is 58.4 Å². The molecule has 1 unspecified atom stereocenters. The van der Waals surface area contributed by atoms with Crippen molar-refractivity contribution in [2.24, 2.45) is 5.73 Å². The molecule has 1 saturated heterocycles. The minimum atomic E-state index is -0.0770. The average molecular weight is 197 g/mol. The molecular weight excluding hydrogens is 178 g/mol. The van der Waals surface area contributed by atoms with Crippen molar-refractivity contribution in [3.8, 4) is 0 Å². The molecule has 1 aliphatic carbocycles. The second kappa shape index (κ2) is 4.28. The molecule has 2 fully saturated rings. The highest BCUT2D eigenvalue weighted by molar-refractivity contribution is 5.82. The Bertz CT molecular complexity index is 213. The van der Waals surface area contributed by atoms with Crippen LogP contribution in [-0.4, -0.2) is 42.5 Å². The van der Waals surface area contributed by atoms with Crippen LogP contribution in [0.1, 0.15) is 25.7 Å². The maximum atomic E-state index is 11.6. The molecule has 3 N–H and O–H groups in total. The maximum absolute atomic E-state index is 11.6. The van der Waals surface area contributed by atoms with Crippen LogP contribution in [0.2, 0.25) is 0 Å². The Hall–Kier alpha value is -0.610. The van der Waals surface area contributed by atoms with E-state index in [1.807, 2.05) is 0 Å². The largest absolute Gasteiger partial charge is 0.353 e. The van der Waals surface area contributed by atoms with Gasteiger partial charge in [-0.15, -0.1) is 0 Å². The number of carbonyl (C=O) groups is 1. The van der Waals surface area contributed by atoms with Crippen molar-refractivity contribution in [1.82, 2.24) is 10.2 Å². The Kier molecular flexibility index (Phi) is 3.03. The fourth-order valence-corrected chi connectivity index (χ4v) is 2.65. The summed E-state index contributed by atoms with van der Waals surface area (Å²) in [6.45, 7) is 2.20. The van der Waals surface area contributed by atoms with Crippen LogP contribution in [0.15, 0.2) is 0 Å². The first-order valence-electron chi connectivity index (χ1n) is 5.56. The van der Waals surface area contributed by atoms with Gasteiger partial charge in [-0.25, -0.2) is 0 Å². The third-order valence-corrected chi connectivity index (χ3v) is 3.39. The van der Waals surface area contributed by atoms with Gasteiger partial charge in [-0.1, -0.05) is 12.8 Å². The average Bonchev–Trinajstić information content (AvgIpc) is 2.70. The van der Waals surface area contributed by atoms with Crippen LogP contribution in [0.5, 0.6) is 0 Å². The quantitative estimate of drug-likeness (QED) is 0.638. The molecule has 0 radical (unpaired) electrons. The highest BCUT2D eigenvalue weighted by atomic mass is 16.2. The van der Waals surface area contributed by atoms with Gasteiger partial charge in [0.2, 0.25) is 5.91 Å². The zero-order chi connectivity index (χ0) is 9.97. The molecule has 1 amide bonds. The van der Waals surface area contributed by atoms with Crippen LogP contribution < -0.4 is 11.1 Å². The number of hydrogen-bond donors (Lipinski definition) is 2. The molecule has 0 bridgehead atoms. The summed E-state index contributed by atoms with van der Waals surface area (Å²) in [5.74, 6) is 0.116. The molecule has 0 spiro atoms. The maximum Gasteiger partial charge on any atom is 0.238 e. The number of piperazine rings is 1. The Balaban J connectivity index is 2.03. The number of carbonyl (C=O) groups excluding carboxylic acids is 1. The molecule has 0 aromatic carbocycles. The van der Waals surface area contributed by atoms with Crippen LogP contribution in [0.4, 0.5) is 0 Å². The first kappa shape index (κ1) is 9.93. The minimum Gasteiger partial charge on any atom is -0.353 e. The molecule has 2 aliphatic rings. The lowest BCUT2D eigenvalue weighted by Crippen LogP contribution is -2.60. The molecule has 4 heteroatoms. The normalized spacial score (nSPS) is 30.6. The smallest absolute Gasteiger partial charge is 0.238 e. The third-order valence-electron chi connectivity index (χ3n) is 3.39. The highest BCUT2D eigenvalue weighted by Crippen LogP contribution is 2.25. The van der Waals surface area contributed by atoms with E-state index in [0.29, 0.717) is 12.6 Å². The van der Waals surface area contributed by atoms with Gasteiger partial charge in [0.25, 0.3) is 0 Å². The first-order chi connectivity index (χ1) is 6.83. The van der Waals surface area contributed by atoms with E-state index in [4.69, 9.17) is 5.73 Å². The Labute approximate surface area is 84.8 Å².